The summed E-state index contributed by atoms with van der Waals surface area (Å²) in [6.07, 6.45) is 6.97. The molecular weight excluding hydrogens is 302 g/mol. The molecule has 0 saturated carbocycles. The minimum absolute atomic E-state index is 0.138. The van der Waals surface area contributed by atoms with E-state index in [1.807, 2.05) is 18.2 Å². The van der Waals surface area contributed by atoms with Gasteiger partial charge in [-0.25, -0.2) is 0 Å². The Hall–Kier alpha value is -2.72. The molecule has 0 aliphatic carbocycles. The lowest BCUT2D eigenvalue weighted by molar-refractivity contribution is 0.281. The Balaban J connectivity index is 2.33. The molecule has 0 fully saturated rings. The molecule has 1 N–H and O–H groups in total. The van der Waals surface area contributed by atoms with Crippen LogP contribution >= 0.6 is 0 Å². The van der Waals surface area contributed by atoms with Gasteiger partial charge in [-0.05, 0) is 35.2 Å². The summed E-state index contributed by atoms with van der Waals surface area (Å²) >= 11 is 0. The average molecular weight is 321 g/mol. The molecule has 4 heteroatoms. The van der Waals surface area contributed by atoms with E-state index in [2.05, 4.69) is 18.8 Å². The topological polar surface area (TPSA) is 63.3 Å². The molecule has 0 unspecified atom stereocenters. The van der Waals surface area contributed by atoms with Crippen molar-refractivity contribution in [2.24, 2.45) is 5.92 Å². The lowest BCUT2D eigenvalue weighted by Crippen LogP contribution is -2.08. The zero-order chi connectivity index (χ0) is 17.1. The highest BCUT2D eigenvalue weighted by Gasteiger charge is 2.14. The van der Waals surface area contributed by atoms with Crippen LogP contribution in [0.2, 0.25) is 0 Å². The fourth-order valence-corrected chi connectivity index (χ4v) is 2.60. The fraction of sp³-hybridized carbons (Fsp3) is 0.200. The van der Waals surface area contributed by atoms with Gasteiger partial charge in [0, 0.05) is 6.20 Å². The molecule has 0 aliphatic rings. The molecule has 3 aromatic rings. The summed E-state index contributed by atoms with van der Waals surface area (Å²) in [5.41, 5.74) is 2.74. The van der Waals surface area contributed by atoms with Gasteiger partial charge in [-0.15, -0.1) is 0 Å². The Kier molecular flexibility index (Phi) is 4.58. The summed E-state index contributed by atoms with van der Waals surface area (Å²) in [4.78, 5) is 17.3. The van der Waals surface area contributed by atoms with Crippen molar-refractivity contribution in [1.29, 1.82) is 0 Å². The summed E-state index contributed by atoms with van der Waals surface area (Å²) in [5.74, 6) is 0.331. The van der Waals surface area contributed by atoms with Crippen LogP contribution in [0.4, 0.5) is 0 Å². The van der Waals surface area contributed by atoms with E-state index < -0.39 is 0 Å². The first-order valence-corrected chi connectivity index (χ1v) is 7.89. The molecular formula is C20H19NO3. The predicted molar refractivity (Wildman–Crippen MR) is 95.5 cm³/mol. The van der Waals surface area contributed by atoms with Crippen molar-refractivity contribution in [3.05, 3.63) is 70.2 Å². The van der Waals surface area contributed by atoms with Crippen LogP contribution in [0, 0.1) is 5.92 Å². The lowest BCUT2D eigenvalue weighted by Gasteiger charge is -2.09. The first-order valence-electron chi connectivity index (χ1n) is 7.89. The average Bonchev–Trinajstić information content (AvgIpc) is 2.60. The first kappa shape index (κ1) is 16.1. The molecule has 0 saturated heterocycles. The van der Waals surface area contributed by atoms with Gasteiger partial charge >= 0.3 is 0 Å². The Morgan fingerprint density at radius 3 is 2.75 bits per heavy atom. The third-order valence-electron chi connectivity index (χ3n) is 3.83. The van der Waals surface area contributed by atoms with Gasteiger partial charge in [0.15, 0.2) is 0 Å². The standard InChI is InChI=1S/C20H19NO3/c1-13(2)6-8-15-14(11-22)7-9-18-19(15)20(23)16(12-24-18)17-5-3-4-10-21-17/h3-10,12-13,22H,11H2,1-2H3/b8-6-. The van der Waals surface area contributed by atoms with Crippen molar-refractivity contribution in [2.45, 2.75) is 20.5 Å². The van der Waals surface area contributed by atoms with Crippen LogP contribution in [0.5, 0.6) is 0 Å². The molecule has 4 nitrogen and oxygen atoms in total. The highest BCUT2D eigenvalue weighted by Crippen LogP contribution is 2.25. The number of hydrogen-bond donors (Lipinski definition) is 1. The van der Waals surface area contributed by atoms with E-state index in [9.17, 15) is 9.90 Å². The molecule has 1 aromatic carbocycles. The molecule has 0 amide bonds. The van der Waals surface area contributed by atoms with Crippen LogP contribution in [-0.2, 0) is 6.61 Å². The summed E-state index contributed by atoms with van der Waals surface area (Å²) in [6, 6.07) is 8.91. The maximum Gasteiger partial charge on any atom is 0.202 e. The van der Waals surface area contributed by atoms with Crippen LogP contribution < -0.4 is 5.43 Å². The number of nitrogens with zero attached hydrogens (tertiary/aromatic N) is 1. The summed E-state index contributed by atoms with van der Waals surface area (Å²) in [5, 5.41) is 10.1. The zero-order valence-corrected chi connectivity index (χ0v) is 13.7. The van der Waals surface area contributed by atoms with Gasteiger partial charge < -0.3 is 9.52 Å². The third kappa shape index (κ3) is 3.01. The van der Waals surface area contributed by atoms with Crippen LogP contribution in [0.3, 0.4) is 0 Å². The van der Waals surface area contributed by atoms with Crippen LogP contribution in [0.15, 0.2) is 58.1 Å². The molecule has 2 aromatic heterocycles. The molecule has 0 atom stereocenters. The number of benzene rings is 1. The first-order chi connectivity index (χ1) is 11.6. The van der Waals surface area contributed by atoms with Crippen molar-refractivity contribution in [3.63, 3.8) is 0 Å². The molecule has 0 spiro atoms. The van der Waals surface area contributed by atoms with E-state index in [4.69, 9.17) is 4.42 Å². The quantitative estimate of drug-likeness (QED) is 0.788. The van der Waals surface area contributed by atoms with Crippen molar-refractivity contribution in [3.8, 4) is 11.3 Å². The number of hydrogen-bond acceptors (Lipinski definition) is 4. The van der Waals surface area contributed by atoms with Gasteiger partial charge in [-0.1, -0.05) is 38.1 Å². The van der Waals surface area contributed by atoms with E-state index in [0.29, 0.717) is 39.3 Å². The van der Waals surface area contributed by atoms with E-state index in [1.165, 1.54) is 6.26 Å². The minimum atomic E-state index is -0.145. The van der Waals surface area contributed by atoms with Crippen molar-refractivity contribution >= 4 is 17.0 Å². The number of aliphatic hydroxyl groups excluding tert-OH is 1. The van der Waals surface area contributed by atoms with E-state index in [-0.39, 0.29) is 12.0 Å². The lowest BCUT2D eigenvalue weighted by atomic mass is 9.99. The Bertz CT molecular complexity index is 940. The van der Waals surface area contributed by atoms with E-state index in [0.717, 1.165) is 0 Å². The number of rotatable bonds is 4. The molecule has 24 heavy (non-hydrogen) atoms. The Morgan fingerprint density at radius 1 is 1.25 bits per heavy atom. The predicted octanol–water partition coefficient (Wildman–Crippen LogP) is 4.02. The van der Waals surface area contributed by atoms with Crippen molar-refractivity contribution < 1.29 is 9.52 Å². The molecule has 0 aliphatic heterocycles. The third-order valence-corrected chi connectivity index (χ3v) is 3.83. The largest absolute Gasteiger partial charge is 0.463 e. The number of pyridine rings is 1. The summed E-state index contributed by atoms with van der Waals surface area (Å²) in [7, 11) is 0. The smallest absolute Gasteiger partial charge is 0.202 e. The second-order valence-electron chi connectivity index (χ2n) is 5.97. The van der Waals surface area contributed by atoms with E-state index in [1.54, 1.807) is 30.5 Å². The molecule has 0 radical (unpaired) electrons. The Labute approximate surface area is 140 Å². The molecule has 0 bridgehead atoms. The zero-order valence-electron chi connectivity index (χ0n) is 13.7. The maximum atomic E-state index is 13.0. The van der Waals surface area contributed by atoms with Gasteiger partial charge in [-0.2, -0.15) is 0 Å². The molecule has 2 heterocycles. The van der Waals surface area contributed by atoms with Crippen molar-refractivity contribution in [2.75, 3.05) is 0 Å². The number of aromatic nitrogens is 1. The van der Waals surface area contributed by atoms with Gasteiger partial charge in [-0.3, -0.25) is 9.78 Å². The summed E-state index contributed by atoms with van der Waals surface area (Å²) in [6.45, 7) is 3.98. The minimum Gasteiger partial charge on any atom is -0.463 e. The van der Waals surface area contributed by atoms with Crippen molar-refractivity contribution in [1.82, 2.24) is 4.98 Å². The second kappa shape index (κ2) is 6.81. The Morgan fingerprint density at radius 2 is 2.08 bits per heavy atom. The summed E-state index contributed by atoms with van der Waals surface area (Å²) < 4.78 is 5.67. The van der Waals surface area contributed by atoms with Gasteiger partial charge in [0.25, 0.3) is 0 Å². The highest BCUT2D eigenvalue weighted by molar-refractivity contribution is 5.90. The van der Waals surface area contributed by atoms with Crippen LogP contribution in [0.1, 0.15) is 25.0 Å². The van der Waals surface area contributed by atoms with Gasteiger partial charge in [0.2, 0.25) is 5.43 Å². The second-order valence-corrected chi connectivity index (χ2v) is 5.97. The number of fused-ring (bicyclic) bond motifs is 1. The fourth-order valence-electron chi connectivity index (χ4n) is 2.60. The monoisotopic (exact) mass is 321 g/mol. The maximum absolute atomic E-state index is 13.0. The van der Waals surface area contributed by atoms with Gasteiger partial charge in [0.05, 0.1) is 23.3 Å². The van der Waals surface area contributed by atoms with Gasteiger partial charge in [0.1, 0.15) is 11.8 Å². The van der Waals surface area contributed by atoms with Crippen LogP contribution in [0.25, 0.3) is 28.3 Å². The SMILES string of the molecule is CC(C)/C=C\c1c(CO)ccc2occ(-c3ccccn3)c(=O)c12. The van der Waals surface area contributed by atoms with Crippen LogP contribution in [-0.4, -0.2) is 10.1 Å². The number of aliphatic hydroxyl groups is 1. The van der Waals surface area contributed by atoms with E-state index >= 15 is 0 Å². The normalized spacial score (nSPS) is 11.7. The highest BCUT2D eigenvalue weighted by atomic mass is 16.3. The number of allylic oxidation sites excluding steroid dienone is 1. The molecule has 122 valence electrons. The molecule has 3 rings (SSSR count).